The van der Waals surface area contributed by atoms with Crippen LogP contribution in [0, 0.1) is 45.4 Å². The van der Waals surface area contributed by atoms with Crippen LogP contribution >= 0.6 is 0 Å². The maximum absolute atomic E-state index is 5.97. The molecule has 2 aromatic carbocycles. The molecule has 0 amide bonds. The molecule has 0 radical (unpaired) electrons. The molecular formula is C29H42N2OPdSi2. The molecule has 0 aliphatic rings. The molecule has 1 aromatic heterocycles. The van der Waals surface area contributed by atoms with Crippen molar-refractivity contribution in [1.29, 1.82) is 0 Å². The average Bonchev–Trinajstić information content (AvgIpc) is 3.07. The molecule has 0 aliphatic carbocycles. The van der Waals surface area contributed by atoms with Crippen LogP contribution in [0.2, 0.25) is 26.2 Å². The number of hydrogen-bond donors (Lipinski definition) is 0. The molecule has 0 fully saturated rings. The van der Waals surface area contributed by atoms with Gasteiger partial charge in [-0.2, -0.15) is 0 Å². The van der Waals surface area contributed by atoms with Gasteiger partial charge in [-0.25, -0.2) is 0 Å². The molecule has 0 aliphatic heterocycles. The molecule has 0 unspecified atom stereocenters. The Bertz CT molecular complexity index is 1160. The van der Waals surface area contributed by atoms with Gasteiger partial charge in [0.15, 0.2) is 16.6 Å². The number of aromatic nitrogens is 2. The molecule has 0 saturated carbocycles. The number of rotatable bonds is 6. The zero-order chi connectivity index (χ0) is 26.7. The Morgan fingerprint density at radius 1 is 0.657 bits per heavy atom. The first-order valence-corrected chi connectivity index (χ1v) is 18.8. The number of nitrogens with zero attached hydrogens (tertiary/aromatic N) is 2. The van der Waals surface area contributed by atoms with Gasteiger partial charge in [0, 0.05) is 0 Å². The molecule has 3 nitrogen and oxygen atoms in total. The van der Waals surface area contributed by atoms with E-state index < -0.39 is 16.6 Å². The summed E-state index contributed by atoms with van der Waals surface area (Å²) < 4.78 is 11.5. The summed E-state index contributed by atoms with van der Waals surface area (Å²) in [6, 6.07) is 8.97. The first-order valence-electron chi connectivity index (χ1n) is 12.0. The van der Waals surface area contributed by atoms with Crippen molar-refractivity contribution in [3.05, 3.63) is 98.5 Å². The molecule has 0 atom stereocenters. The molecule has 6 heteroatoms. The Morgan fingerprint density at radius 3 is 1.20 bits per heavy atom. The zero-order valence-electron chi connectivity index (χ0n) is 23.2. The maximum atomic E-state index is 5.97. The van der Waals surface area contributed by atoms with Gasteiger partial charge in [0.25, 0.3) is 0 Å². The van der Waals surface area contributed by atoms with Crippen molar-refractivity contribution in [2.75, 3.05) is 0 Å². The van der Waals surface area contributed by atoms with Gasteiger partial charge < -0.3 is 4.12 Å². The second-order valence-electron chi connectivity index (χ2n) is 10.5. The summed E-state index contributed by atoms with van der Waals surface area (Å²) in [4.78, 5) is 0. The predicted molar refractivity (Wildman–Crippen MR) is 153 cm³/mol. The fraction of sp³-hybridized carbons (Fsp3) is 0.345. The van der Waals surface area contributed by atoms with E-state index in [9.17, 15) is 0 Å². The molecule has 3 rings (SSSR count). The molecular weight excluding hydrogens is 555 g/mol. The normalized spacial score (nSPS) is 11.7. The first kappa shape index (κ1) is 29.4. The van der Waals surface area contributed by atoms with Gasteiger partial charge in [-0.15, -0.1) is 13.2 Å². The molecule has 0 spiro atoms. The van der Waals surface area contributed by atoms with E-state index in [1.165, 1.54) is 44.8 Å². The Morgan fingerprint density at radius 2 is 0.943 bits per heavy atom. The predicted octanol–water partition coefficient (Wildman–Crippen LogP) is 8.06. The summed E-state index contributed by atoms with van der Waals surface area (Å²) in [5.74, 6) is 0. The summed E-state index contributed by atoms with van der Waals surface area (Å²) in [6.07, 6.45) is 4.28. The fourth-order valence-electron chi connectivity index (χ4n) is 4.55. The topological polar surface area (TPSA) is 19.1 Å². The first-order chi connectivity index (χ1) is 16.1. The van der Waals surface area contributed by atoms with Crippen LogP contribution in [-0.4, -0.2) is 25.8 Å². The van der Waals surface area contributed by atoms with Crippen LogP contribution < -0.4 is 0 Å². The van der Waals surface area contributed by atoms with Gasteiger partial charge in [-0.3, -0.25) is 0 Å². The van der Waals surface area contributed by atoms with Crippen molar-refractivity contribution in [2.24, 2.45) is 0 Å². The fourth-order valence-corrected chi connectivity index (χ4v) is 11.2. The Hall–Kier alpha value is -1.81. The second-order valence-corrected chi connectivity index (χ2v) is 19.2. The summed E-state index contributed by atoms with van der Waals surface area (Å²) in [5, 5.41) is 0. The van der Waals surface area contributed by atoms with Gasteiger partial charge in [0.2, 0.25) is 0 Å². The van der Waals surface area contributed by atoms with E-state index >= 15 is 0 Å². The van der Waals surface area contributed by atoms with Gasteiger partial charge in [-0.05, 0) is 26.2 Å². The number of aryl methyl sites for hydroxylation is 6. The molecule has 0 N–H and O–H groups in total. The van der Waals surface area contributed by atoms with Crippen LogP contribution in [0.25, 0.3) is 11.4 Å². The summed E-state index contributed by atoms with van der Waals surface area (Å²) in [5.41, 5.74) is 14.2. The third kappa shape index (κ3) is 7.35. The van der Waals surface area contributed by atoms with Crippen LogP contribution in [0.1, 0.15) is 33.4 Å². The van der Waals surface area contributed by atoms with Crippen molar-refractivity contribution < 1.29 is 22.9 Å². The van der Waals surface area contributed by atoms with Gasteiger partial charge in [-0.1, -0.05) is 11.4 Å². The molecule has 192 valence electrons. The monoisotopic (exact) mass is 596 g/mol. The molecule has 35 heavy (non-hydrogen) atoms. The SMILES string of the molecule is C=C[Si](C)(C)O[Si](C)(C)C=C.Cc1cc(C)c(-n2ccn(-c3c(C)cc(C)cc3C)[c]2=[Pd])c(C)c1. The summed E-state index contributed by atoms with van der Waals surface area (Å²) in [6.45, 7) is 29.2. The van der Waals surface area contributed by atoms with Crippen molar-refractivity contribution in [3.8, 4) is 11.4 Å². The molecule has 1 heterocycles. The van der Waals surface area contributed by atoms with Crippen LogP contribution in [0.5, 0.6) is 0 Å². The van der Waals surface area contributed by atoms with Crippen LogP contribution in [0.3, 0.4) is 0 Å². The van der Waals surface area contributed by atoms with Gasteiger partial charge in [0.05, 0.1) is 0 Å². The van der Waals surface area contributed by atoms with Crippen molar-refractivity contribution >= 4 is 16.6 Å². The number of imidazole rings is 1. The van der Waals surface area contributed by atoms with Crippen LogP contribution in [0.4, 0.5) is 0 Å². The van der Waals surface area contributed by atoms with E-state index in [0.29, 0.717) is 0 Å². The summed E-state index contributed by atoms with van der Waals surface area (Å²) >= 11 is 3.50. The van der Waals surface area contributed by atoms with E-state index in [-0.39, 0.29) is 0 Å². The molecule has 3 aromatic rings. The Balaban J connectivity index is 0.000000334. The second kappa shape index (κ2) is 11.5. The van der Waals surface area contributed by atoms with Crippen molar-refractivity contribution in [1.82, 2.24) is 9.13 Å². The third-order valence-corrected chi connectivity index (χ3v) is 12.9. The minimum absolute atomic E-state index is 1.07. The number of benzene rings is 2. The average molecular weight is 597 g/mol. The zero-order valence-corrected chi connectivity index (χ0v) is 26.7. The van der Waals surface area contributed by atoms with E-state index in [0.717, 1.165) is 3.89 Å². The molecule has 0 saturated heterocycles. The number of hydrogen-bond acceptors (Lipinski definition) is 1. The van der Waals surface area contributed by atoms with Crippen molar-refractivity contribution in [2.45, 2.75) is 67.7 Å². The van der Waals surface area contributed by atoms with Crippen LogP contribution in [0.15, 0.2) is 61.2 Å². The van der Waals surface area contributed by atoms with E-state index in [2.05, 4.69) is 145 Å². The Kier molecular flexibility index (Phi) is 9.66. The molecule has 0 bridgehead atoms. The van der Waals surface area contributed by atoms with Crippen molar-refractivity contribution in [3.63, 3.8) is 0 Å². The van der Waals surface area contributed by atoms with E-state index in [1.807, 2.05) is 11.4 Å². The van der Waals surface area contributed by atoms with Gasteiger partial charge in [0.1, 0.15) is 0 Å². The van der Waals surface area contributed by atoms with E-state index in [4.69, 9.17) is 4.12 Å². The summed E-state index contributed by atoms with van der Waals surface area (Å²) in [7, 11) is -3.16. The van der Waals surface area contributed by atoms with Gasteiger partial charge >= 0.3 is 155 Å². The van der Waals surface area contributed by atoms with Crippen LogP contribution in [-0.2, 0) is 22.9 Å². The minimum atomic E-state index is -1.58. The third-order valence-electron chi connectivity index (χ3n) is 5.99. The quantitative estimate of drug-likeness (QED) is 0.263. The van der Waals surface area contributed by atoms with E-state index in [1.54, 1.807) is 0 Å². The Labute approximate surface area is 225 Å². The standard InChI is InChI=1S/C21H24N2.C8H18OSi2.Pd/c1-14-9-16(3)20(17(4)10-14)22-7-8-23(13-22)21-18(5)11-15(2)12-19(21)6;1-7-10(3,4)9-11(5,6)8-2;/h7-12H,1-6H3;7-8H,1-2H2,3-6H3;.